The van der Waals surface area contributed by atoms with Crippen molar-refractivity contribution >= 4 is 17.4 Å². The van der Waals surface area contributed by atoms with Gasteiger partial charge in [0.15, 0.2) is 5.89 Å². The lowest BCUT2D eigenvalue weighted by molar-refractivity contribution is -0.118. The van der Waals surface area contributed by atoms with Crippen molar-refractivity contribution in [2.75, 3.05) is 0 Å². The van der Waals surface area contributed by atoms with Crippen LogP contribution in [0.5, 0.6) is 0 Å². The van der Waals surface area contributed by atoms with Gasteiger partial charge < -0.3 is 8.98 Å². The van der Waals surface area contributed by atoms with Gasteiger partial charge in [0.1, 0.15) is 23.2 Å². The standard InChI is InChI=1S/C29H29ClFN3O2/c1-18-15-21(6-12-25(18)30)27-17-34(23-9-7-22(31)8-10-23)29(33-27)16-24(35)11-3-20-4-13-26-28(14-5-20)36-19(2)32-26/h6-10,12,15,17,20H,3-5,11,13-14,16H2,1-2H3. The van der Waals surface area contributed by atoms with Gasteiger partial charge in [-0.05, 0) is 80.5 Å². The average Bonchev–Trinajstić information content (AvgIpc) is 3.38. The minimum atomic E-state index is -0.305. The number of hydrogen-bond acceptors (Lipinski definition) is 4. The predicted octanol–water partition coefficient (Wildman–Crippen LogP) is 7.02. The van der Waals surface area contributed by atoms with Crippen molar-refractivity contribution in [3.05, 3.63) is 88.2 Å². The molecule has 186 valence electrons. The van der Waals surface area contributed by atoms with Crippen LogP contribution < -0.4 is 0 Å². The van der Waals surface area contributed by atoms with Gasteiger partial charge in [0.25, 0.3) is 0 Å². The molecule has 2 heterocycles. The average molecular weight is 506 g/mol. The summed E-state index contributed by atoms with van der Waals surface area (Å²) in [5.41, 5.74) is 4.47. The van der Waals surface area contributed by atoms with Gasteiger partial charge in [0.2, 0.25) is 0 Å². The summed E-state index contributed by atoms with van der Waals surface area (Å²) in [6.45, 7) is 3.84. The van der Waals surface area contributed by atoms with E-state index in [2.05, 4.69) is 4.98 Å². The zero-order chi connectivity index (χ0) is 25.2. The monoisotopic (exact) mass is 505 g/mol. The first-order valence-electron chi connectivity index (χ1n) is 12.4. The van der Waals surface area contributed by atoms with E-state index in [-0.39, 0.29) is 18.0 Å². The molecule has 5 rings (SSSR count). The Labute approximate surface area is 215 Å². The van der Waals surface area contributed by atoms with E-state index in [1.807, 2.05) is 42.8 Å². The third kappa shape index (κ3) is 5.44. The molecule has 1 aliphatic carbocycles. The fraction of sp³-hybridized carbons (Fsp3) is 0.345. The maximum absolute atomic E-state index is 13.6. The van der Waals surface area contributed by atoms with Gasteiger partial charge in [-0.15, -0.1) is 0 Å². The zero-order valence-corrected chi connectivity index (χ0v) is 21.3. The summed E-state index contributed by atoms with van der Waals surface area (Å²) in [7, 11) is 0. The lowest BCUT2D eigenvalue weighted by Gasteiger charge is -2.13. The van der Waals surface area contributed by atoms with Crippen LogP contribution in [0.25, 0.3) is 16.9 Å². The highest BCUT2D eigenvalue weighted by atomic mass is 35.5. The lowest BCUT2D eigenvalue weighted by atomic mass is 9.93. The molecule has 1 aliphatic rings. The van der Waals surface area contributed by atoms with Crippen molar-refractivity contribution < 1.29 is 13.6 Å². The van der Waals surface area contributed by atoms with Crippen LogP contribution in [0, 0.1) is 25.6 Å². The summed E-state index contributed by atoms with van der Waals surface area (Å²) in [5, 5.41) is 0.694. The van der Waals surface area contributed by atoms with Crippen molar-refractivity contribution in [2.45, 2.75) is 58.8 Å². The SMILES string of the molecule is Cc1nc2c(o1)CCC(CCC(=O)Cc1nc(-c3ccc(Cl)c(C)c3)cn1-c1ccc(F)cc1)CC2. The summed E-state index contributed by atoms with van der Waals surface area (Å²) in [6, 6.07) is 12.0. The molecule has 2 aromatic heterocycles. The summed E-state index contributed by atoms with van der Waals surface area (Å²) in [5.74, 6) is 2.71. The van der Waals surface area contributed by atoms with Gasteiger partial charge in [-0.1, -0.05) is 17.7 Å². The van der Waals surface area contributed by atoms with Crippen molar-refractivity contribution in [3.8, 4) is 16.9 Å². The number of nitrogens with zero attached hydrogens (tertiary/aromatic N) is 3. The van der Waals surface area contributed by atoms with E-state index >= 15 is 0 Å². The number of aryl methyl sites for hydroxylation is 4. The molecule has 7 heteroatoms. The quantitative estimate of drug-likeness (QED) is 0.253. The fourth-order valence-corrected chi connectivity index (χ4v) is 5.07. The van der Waals surface area contributed by atoms with E-state index in [0.717, 1.165) is 72.0 Å². The van der Waals surface area contributed by atoms with E-state index in [9.17, 15) is 9.18 Å². The molecule has 0 saturated heterocycles. The largest absolute Gasteiger partial charge is 0.446 e. The number of carbonyl (C=O) groups excluding carboxylic acids is 1. The molecule has 0 fully saturated rings. The van der Waals surface area contributed by atoms with Crippen LogP contribution in [-0.4, -0.2) is 20.3 Å². The van der Waals surface area contributed by atoms with E-state index in [1.54, 1.807) is 12.1 Å². The number of oxazole rings is 1. The molecule has 0 spiro atoms. The first kappa shape index (κ1) is 24.4. The van der Waals surface area contributed by atoms with Crippen LogP contribution >= 0.6 is 11.6 Å². The van der Waals surface area contributed by atoms with Crippen molar-refractivity contribution in [2.24, 2.45) is 5.92 Å². The van der Waals surface area contributed by atoms with Gasteiger partial charge in [0, 0.05) is 42.2 Å². The van der Waals surface area contributed by atoms with E-state index in [4.69, 9.17) is 21.0 Å². The Kier molecular flexibility index (Phi) is 7.06. The maximum atomic E-state index is 13.6. The second kappa shape index (κ2) is 10.4. The second-order valence-electron chi connectivity index (χ2n) is 9.65. The highest BCUT2D eigenvalue weighted by Gasteiger charge is 2.22. The molecule has 36 heavy (non-hydrogen) atoms. The van der Waals surface area contributed by atoms with Crippen LogP contribution in [0.2, 0.25) is 5.02 Å². The van der Waals surface area contributed by atoms with E-state index < -0.39 is 0 Å². The first-order chi connectivity index (χ1) is 17.4. The minimum absolute atomic E-state index is 0.151. The van der Waals surface area contributed by atoms with Crippen LogP contribution in [-0.2, 0) is 24.1 Å². The normalized spacial score (nSPS) is 15.5. The fourth-order valence-electron chi connectivity index (χ4n) is 4.95. The Balaban J connectivity index is 1.31. The number of imidazole rings is 1. The van der Waals surface area contributed by atoms with Crippen molar-refractivity contribution in [1.29, 1.82) is 0 Å². The smallest absolute Gasteiger partial charge is 0.191 e. The third-order valence-electron chi connectivity index (χ3n) is 6.98. The summed E-state index contributed by atoms with van der Waals surface area (Å²) < 4.78 is 21.2. The molecule has 4 aromatic rings. The number of carbonyl (C=O) groups is 1. The lowest BCUT2D eigenvalue weighted by Crippen LogP contribution is -2.11. The zero-order valence-electron chi connectivity index (χ0n) is 20.6. The number of hydrogen-bond donors (Lipinski definition) is 0. The Morgan fingerprint density at radius 2 is 1.89 bits per heavy atom. The molecule has 0 bridgehead atoms. The molecule has 0 amide bonds. The maximum Gasteiger partial charge on any atom is 0.191 e. The molecule has 1 atom stereocenters. The molecule has 5 nitrogen and oxygen atoms in total. The second-order valence-corrected chi connectivity index (χ2v) is 10.1. The number of benzene rings is 2. The van der Waals surface area contributed by atoms with Gasteiger partial charge in [0.05, 0.1) is 17.8 Å². The van der Waals surface area contributed by atoms with Crippen molar-refractivity contribution in [3.63, 3.8) is 0 Å². The highest BCUT2D eigenvalue weighted by Crippen LogP contribution is 2.29. The predicted molar refractivity (Wildman–Crippen MR) is 138 cm³/mol. The van der Waals surface area contributed by atoms with E-state index in [1.165, 1.54) is 12.1 Å². The third-order valence-corrected chi connectivity index (χ3v) is 7.40. The molecule has 0 aliphatic heterocycles. The molecule has 0 saturated carbocycles. The molecule has 2 aromatic carbocycles. The molecular formula is C29H29ClFN3O2. The number of halogens is 2. The number of rotatable bonds is 7. The number of ketones is 1. The molecule has 0 N–H and O–H groups in total. The van der Waals surface area contributed by atoms with Gasteiger partial charge in [-0.3, -0.25) is 4.79 Å². The molecule has 0 radical (unpaired) electrons. The highest BCUT2D eigenvalue weighted by molar-refractivity contribution is 6.31. The number of aromatic nitrogens is 3. The van der Waals surface area contributed by atoms with Crippen LogP contribution in [0.1, 0.15) is 54.4 Å². The van der Waals surface area contributed by atoms with Gasteiger partial charge in [-0.2, -0.15) is 0 Å². The topological polar surface area (TPSA) is 60.9 Å². The summed E-state index contributed by atoms with van der Waals surface area (Å²) in [4.78, 5) is 22.4. The first-order valence-corrected chi connectivity index (χ1v) is 12.8. The van der Waals surface area contributed by atoms with Gasteiger partial charge in [-0.25, -0.2) is 14.4 Å². The number of fused-ring (bicyclic) bond motifs is 1. The van der Waals surface area contributed by atoms with Crippen LogP contribution in [0.15, 0.2) is 53.1 Å². The Hall–Kier alpha value is -3.25. The molecular weight excluding hydrogens is 477 g/mol. The van der Waals surface area contributed by atoms with Crippen LogP contribution in [0.4, 0.5) is 4.39 Å². The van der Waals surface area contributed by atoms with E-state index in [0.29, 0.717) is 23.2 Å². The Bertz CT molecular complexity index is 1360. The Morgan fingerprint density at radius 1 is 1.11 bits per heavy atom. The summed E-state index contributed by atoms with van der Waals surface area (Å²) >= 11 is 6.21. The van der Waals surface area contributed by atoms with Crippen LogP contribution in [0.3, 0.4) is 0 Å². The number of Topliss-reactive ketones (excluding diaryl/α,β-unsaturated/α-hetero) is 1. The molecule has 1 unspecified atom stereocenters. The van der Waals surface area contributed by atoms with Gasteiger partial charge >= 0.3 is 0 Å². The summed E-state index contributed by atoms with van der Waals surface area (Å²) in [6.07, 6.45) is 7.30. The van der Waals surface area contributed by atoms with Crippen molar-refractivity contribution in [1.82, 2.24) is 14.5 Å². The Morgan fingerprint density at radius 3 is 2.67 bits per heavy atom. The minimum Gasteiger partial charge on any atom is -0.446 e.